The van der Waals surface area contributed by atoms with Crippen molar-refractivity contribution in [2.24, 2.45) is 5.92 Å². The number of ketones is 1. The van der Waals surface area contributed by atoms with Crippen molar-refractivity contribution >= 4 is 18.0 Å². The zero-order chi connectivity index (χ0) is 8.85. The van der Waals surface area contributed by atoms with E-state index in [9.17, 15) is 14.4 Å². The van der Waals surface area contributed by atoms with Gasteiger partial charge in [-0.25, -0.2) is 4.79 Å². The van der Waals surface area contributed by atoms with Crippen molar-refractivity contribution in [2.45, 2.75) is 6.92 Å². The van der Waals surface area contributed by atoms with Gasteiger partial charge in [-0.15, -0.1) is 0 Å². The van der Waals surface area contributed by atoms with Crippen LogP contribution in [0.25, 0.3) is 0 Å². The minimum absolute atomic E-state index is 0.418. The number of carboxylic acids is 1. The predicted octanol–water partition coefficient (Wildman–Crippen LogP) is 0.0313. The highest BCUT2D eigenvalue weighted by molar-refractivity contribution is 6.37. The maximum absolute atomic E-state index is 10.4. The Morgan fingerprint density at radius 1 is 1.45 bits per heavy atom. The second-order valence-electron chi connectivity index (χ2n) is 2.02. The second kappa shape index (κ2) is 4.38. The first-order chi connectivity index (χ1) is 5.07. The summed E-state index contributed by atoms with van der Waals surface area (Å²) in [6, 6.07) is 0. The zero-order valence-electron chi connectivity index (χ0n) is 5.98. The highest BCUT2D eigenvalue weighted by Crippen LogP contribution is 1.91. The molecule has 0 aromatic carbocycles. The Balaban J connectivity index is 4.03. The molecule has 60 valence electrons. The van der Waals surface area contributed by atoms with Crippen molar-refractivity contribution in [3.8, 4) is 0 Å². The first-order valence-corrected chi connectivity index (χ1v) is 2.98. The number of rotatable bonds is 4. The van der Waals surface area contributed by atoms with Gasteiger partial charge in [0.1, 0.15) is 6.29 Å². The lowest BCUT2D eigenvalue weighted by Gasteiger charge is -1.89. The highest BCUT2D eigenvalue weighted by Gasteiger charge is 2.05. The first kappa shape index (κ1) is 9.55. The molecule has 0 amide bonds. The van der Waals surface area contributed by atoms with Crippen LogP contribution in [-0.2, 0) is 14.4 Å². The van der Waals surface area contributed by atoms with Crippen molar-refractivity contribution in [2.75, 3.05) is 0 Å². The second-order valence-corrected chi connectivity index (χ2v) is 2.02. The summed E-state index contributed by atoms with van der Waals surface area (Å²) in [5.41, 5.74) is 0. The van der Waals surface area contributed by atoms with Crippen molar-refractivity contribution in [1.82, 2.24) is 0 Å². The lowest BCUT2D eigenvalue weighted by molar-refractivity contribution is -0.146. The van der Waals surface area contributed by atoms with E-state index >= 15 is 0 Å². The van der Waals surface area contributed by atoms with Crippen LogP contribution < -0.4 is 0 Å². The largest absolute Gasteiger partial charge is 0.475 e. The van der Waals surface area contributed by atoms with Crippen LogP contribution in [0.1, 0.15) is 6.92 Å². The molecule has 4 nitrogen and oxygen atoms in total. The van der Waals surface area contributed by atoms with Crippen molar-refractivity contribution < 1.29 is 19.5 Å². The van der Waals surface area contributed by atoms with Gasteiger partial charge in [0, 0.05) is 5.92 Å². The fourth-order valence-corrected chi connectivity index (χ4v) is 0.356. The van der Waals surface area contributed by atoms with Crippen LogP contribution in [0, 0.1) is 5.92 Å². The molecule has 0 aliphatic rings. The fraction of sp³-hybridized carbons (Fsp3) is 0.286. The van der Waals surface area contributed by atoms with E-state index < -0.39 is 17.7 Å². The summed E-state index contributed by atoms with van der Waals surface area (Å²) in [5, 5.41) is 8.08. The predicted molar refractivity (Wildman–Crippen MR) is 37.0 cm³/mol. The SMILES string of the molecule is CC(C=O)C=CC(=O)C(=O)O. The summed E-state index contributed by atoms with van der Waals surface area (Å²) in [5.74, 6) is -2.95. The smallest absolute Gasteiger partial charge is 0.376 e. The normalized spacial score (nSPS) is 12.8. The third-order valence-corrected chi connectivity index (χ3v) is 0.977. The molecule has 0 radical (unpaired) electrons. The molecule has 0 heterocycles. The molecule has 0 aromatic rings. The van der Waals surface area contributed by atoms with E-state index in [1.807, 2.05) is 0 Å². The van der Waals surface area contributed by atoms with Gasteiger partial charge in [0.2, 0.25) is 0 Å². The van der Waals surface area contributed by atoms with Gasteiger partial charge in [-0.05, 0) is 6.08 Å². The molecule has 11 heavy (non-hydrogen) atoms. The van der Waals surface area contributed by atoms with Crippen molar-refractivity contribution in [1.29, 1.82) is 0 Å². The molecule has 1 N–H and O–H groups in total. The maximum Gasteiger partial charge on any atom is 0.376 e. The van der Waals surface area contributed by atoms with Gasteiger partial charge in [-0.1, -0.05) is 13.0 Å². The molecular formula is C7H8O4. The molecular weight excluding hydrogens is 148 g/mol. The molecule has 0 bridgehead atoms. The number of carboxylic acid groups (broad SMARTS) is 1. The van der Waals surface area contributed by atoms with Gasteiger partial charge in [0.05, 0.1) is 0 Å². The molecule has 0 spiro atoms. The van der Waals surface area contributed by atoms with Gasteiger partial charge in [0.15, 0.2) is 0 Å². The topological polar surface area (TPSA) is 71.4 Å². The Bertz CT molecular complexity index is 204. The van der Waals surface area contributed by atoms with Crippen LogP contribution in [0.4, 0.5) is 0 Å². The molecule has 0 aromatic heterocycles. The molecule has 4 heteroatoms. The molecule has 0 saturated heterocycles. The van der Waals surface area contributed by atoms with Crippen LogP contribution in [0.3, 0.4) is 0 Å². The van der Waals surface area contributed by atoms with Gasteiger partial charge >= 0.3 is 5.97 Å². The molecule has 0 fully saturated rings. The van der Waals surface area contributed by atoms with Gasteiger partial charge in [-0.2, -0.15) is 0 Å². The Hall–Kier alpha value is -1.45. The standard InChI is InChI=1S/C7H8O4/c1-5(4-8)2-3-6(9)7(10)11/h2-5H,1H3,(H,10,11). The average Bonchev–Trinajstić information content (AvgIpc) is 1.99. The lowest BCUT2D eigenvalue weighted by Crippen LogP contribution is -2.09. The van der Waals surface area contributed by atoms with E-state index in [1.165, 1.54) is 6.08 Å². The maximum atomic E-state index is 10.4. The third-order valence-electron chi connectivity index (χ3n) is 0.977. The summed E-state index contributed by atoms with van der Waals surface area (Å²) in [6.07, 6.45) is 2.73. The summed E-state index contributed by atoms with van der Waals surface area (Å²) < 4.78 is 0. The Kier molecular flexibility index (Phi) is 3.80. The van der Waals surface area contributed by atoms with E-state index in [1.54, 1.807) is 6.92 Å². The van der Waals surface area contributed by atoms with Gasteiger partial charge < -0.3 is 9.90 Å². The van der Waals surface area contributed by atoms with E-state index in [2.05, 4.69) is 0 Å². The Morgan fingerprint density at radius 2 is 2.00 bits per heavy atom. The minimum Gasteiger partial charge on any atom is -0.475 e. The van der Waals surface area contributed by atoms with Crippen LogP contribution in [0.5, 0.6) is 0 Å². The molecule has 1 atom stereocenters. The fourth-order valence-electron chi connectivity index (χ4n) is 0.356. The Labute approximate surface area is 63.5 Å². The van der Waals surface area contributed by atoms with E-state index in [4.69, 9.17) is 5.11 Å². The van der Waals surface area contributed by atoms with Crippen LogP contribution in [0.15, 0.2) is 12.2 Å². The average molecular weight is 156 g/mol. The number of aldehydes is 1. The number of allylic oxidation sites excluding steroid dienone is 1. The first-order valence-electron chi connectivity index (χ1n) is 2.98. The van der Waals surface area contributed by atoms with Crippen LogP contribution in [0.2, 0.25) is 0 Å². The van der Waals surface area contributed by atoms with Crippen LogP contribution in [-0.4, -0.2) is 23.1 Å². The monoisotopic (exact) mass is 156 g/mol. The van der Waals surface area contributed by atoms with Gasteiger partial charge in [0.25, 0.3) is 5.78 Å². The summed E-state index contributed by atoms with van der Waals surface area (Å²) in [7, 11) is 0. The van der Waals surface area contributed by atoms with E-state index in [0.29, 0.717) is 6.29 Å². The number of carbonyl (C=O) groups excluding carboxylic acids is 2. The van der Waals surface area contributed by atoms with E-state index in [-0.39, 0.29) is 0 Å². The minimum atomic E-state index is -1.51. The molecule has 0 saturated carbocycles. The van der Waals surface area contributed by atoms with Gasteiger partial charge in [-0.3, -0.25) is 4.79 Å². The molecule has 0 aliphatic heterocycles. The molecule has 1 unspecified atom stereocenters. The number of hydrogen-bond acceptors (Lipinski definition) is 3. The van der Waals surface area contributed by atoms with Crippen molar-refractivity contribution in [3.05, 3.63) is 12.2 Å². The summed E-state index contributed by atoms with van der Waals surface area (Å²) >= 11 is 0. The third kappa shape index (κ3) is 4.02. The highest BCUT2D eigenvalue weighted by atomic mass is 16.4. The molecule has 0 rings (SSSR count). The lowest BCUT2D eigenvalue weighted by atomic mass is 10.2. The zero-order valence-corrected chi connectivity index (χ0v) is 5.98. The molecule has 0 aliphatic carbocycles. The Morgan fingerprint density at radius 3 is 2.36 bits per heavy atom. The van der Waals surface area contributed by atoms with Crippen LogP contribution >= 0.6 is 0 Å². The number of carbonyl (C=O) groups is 3. The summed E-state index contributed by atoms with van der Waals surface area (Å²) in [4.78, 5) is 30.2. The number of hydrogen-bond donors (Lipinski definition) is 1. The quantitative estimate of drug-likeness (QED) is 0.354. The number of aliphatic carboxylic acids is 1. The summed E-state index contributed by atoms with van der Waals surface area (Å²) in [6.45, 7) is 1.55. The van der Waals surface area contributed by atoms with E-state index in [0.717, 1.165) is 6.08 Å². The van der Waals surface area contributed by atoms with Crippen molar-refractivity contribution in [3.63, 3.8) is 0 Å².